The van der Waals surface area contributed by atoms with E-state index >= 15 is 0 Å². The van der Waals surface area contributed by atoms with E-state index in [0.717, 1.165) is 5.69 Å². The lowest BCUT2D eigenvalue weighted by atomic mass is 10.1. The second kappa shape index (κ2) is 3.49. The van der Waals surface area contributed by atoms with Gasteiger partial charge in [-0.3, -0.25) is 0 Å². The lowest BCUT2D eigenvalue weighted by Crippen LogP contribution is -2.02. The van der Waals surface area contributed by atoms with Crippen LogP contribution in [0.15, 0.2) is 24.5 Å². The molecular formula is C9H8N4O2. The number of carboxylic acid groups (broad SMARTS) is 1. The maximum absolute atomic E-state index is 10.8. The highest BCUT2D eigenvalue weighted by Crippen LogP contribution is 2.13. The van der Waals surface area contributed by atoms with Gasteiger partial charge in [-0.05, 0) is 41.1 Å². The van der Waals surface area contributed by atoms with Crippen LogP contribution in [0.2, 0.25) is 0 Å². The number of carbonyl (C=O) groups is 1. The molecule has 0 bridgehead atoms. The Labute approximate surface area is 85.2 Å². The van der Waals surface area contributed by atoms with Crippen LogP contribution in [0.3, 0.4) is 0 Å². The van der Waals surface area contributed by atoms with Crippen LogP contribution in [0.4, 0.5) is 0 Å². The minimum Gasteiger partial charge on any atom is -0.478 e. The van der Waals surface area contributed by atoms with Gasteiger partial charge in [-0.25, -0.2) is 9.48 Å². The third-order valence-corrected chi connectivity index (χ3v) is 2.05. The predicted octanol–water partition coefficient (Wildman–Crippen LogP) is 0.669. The SMILES string of the molecule is Cc1cc(-n2cnnn2)ccc1C(=O)O. The van der Waals surface area contributed by atoms with E-state index in [2.05, 4.69) is 15.5 Å². The highest BCUT2D eigenvalue weighted by atomic mass is 16.4. The molecule has 1 aromatic carbocycles. The van der Waals surface area contributed by atoms with Crippen molar-refractivity contribution in [3.05, 3.63) is 35.7 Å². The number of benzene rings is 1. The highest BCUT2D eigenvalue weighted by molar-refractivity contribution is 5.89. The molecule has 0 saturated carbocycles. The van der Waals surface area contributed by atoms with E-state index in [1.54, 1.807) is 19.1 Å². The number of aromatic nitrogens is 4. The van der Waals surface area contributed by atoms with Gasteiger partial charge in [0.25, 0.3) is 0 Å². The Morgan fingerprint density at radius 1 is 1.47 bits per heavy atom. The molecule has 0 radical (unpaired) electrons. The van der Waals surface area contributed by atoms with Crippen LogP contribution < -0.4 is 0 Å². The number of aryl methyl sites for hydroxylation is 1. The van der Waals surface area contributed by atoms with Gasteiger partial charge in [0.1, 0.15) is 6.33 Å². The Morgan fingerprint density at radius 3 is 2.80 bits per heavy atom. The summed E-state index contributed by atoms with van der Waals surface area (Å²) < 4.78 is 1.47. The van der Waals surface area contributed by atoms with Gasteiger partial charge in [0.2, 0.25) is 0 Å². The van der Waals surface area contributed by atoms with Gasteiger partial charge < -0.3 is 5.11 Å². The summed E-state index contributed by atoms with van der Waals surface area (Å²) in [6.07, 6.45) is 1.45. The first-order valence-corrected chi connectivity index (χ1v) is 4.26. The number of tetrazole rings is 1. The average Bonchev–Trinajstić information content (AvgIpc) is 2.69. The van der Waals surface area contributed by atoms with Crippen LogP contribution in [-0.4, -0.2) is 31.3 Å². The van der Waals surface area contributed by atoms with Crippen molar-refractivity contribution in [3.8, 4) is 5.69 Å². The molecule has 6 heteroatoms. The summed E-state index contributed by atoms with van der Waals surface area (Å²) in [5.74, 6) is -0.934. The monoisotopic (exact) mass is 204 g/mol. The van der Waals surface area contributed by atoms with Gasteiger partial charge in [-0.15, -0.1) is 5.10 Å². The van der Waals surface area contributed by atoms with Crippen LogP contribution in [0.1, 0.15) is 15.9 Å². The van der Waals surface area contributed by atoms with E-state index in [0.29, 0.717) is 5.56 Å². The molecule has 0 aliphatic carbocycles. The zero-order valence-corrected chi connectivity index (χ0v) is 7.95. The van der Waals surface area contributed by atoms with E-state index in [1.165, 1.54) is 17.1 Å². The molecule has 0 aliphatic rings. The normalized spacial score (nSPS) is 10.2. The van der Waals surface area contributed by atoms with E-state index in [1.807, 2.05) is 0 Å². The van der Waals surface area contributed by atoms with Crippen molar-refractivity contribution in [1.29, 1.82) is 0 Å². The van der Waals surface area contributed by atoms with Gasteiger partial charge in [0.15, 0.2) is 0 Å². The summed E-state index contributed by atoms with van der Waals surface area (Å²) >= 11 is 0. The van der Waals surface area contributed by atoms with Gasteiger partial charge in [-0.2, -0.15) is 0 Å². The highest BCUT2D eigenvalue weighted by Gasteiger charge is 2.08. The molecule has 1 aromatic heterocycles. The Balaban J connectivity index is 2.47. The van der Waals surface area contributed by atoms with Gasteiger partial charge in [-0.1, -0.05) is 0 Å². The first-order chi connectivity index (χ1) is 7.18. The summed E-state index contributed by atoms with van der Waals surface area (Å²) in [6, 6.07) is 4.92. The zero-order valence-electron chi connectivity index (χ0n) is 7.95. The Bertz CT molecular complexity index is 493. The van der Waals surface area contributed by atoms with Crippen LogP contribution in [-0.2, 0) is 0 Å². The molecule has 15 heavy (non-hydrogen) atoms. The second-order valence-electron chi connectivity index (χ2n) is 3.06. The second-order valence-corrected chi connectivity index (χ2v) is 3.06. The zero-order chi connectivity index (χ0) is 10.8. The molecule has 0 saturated heterocycles. The van der Waals surface area contributed by atoms with Crippen LogP contribution >= 0.6 is 0 Å². The summed E-state index contributed by atoms with van der Waals surface area (Å²) in [4.78, 5) is 10.8. The average molecular weight is 204 g/mol. The van der Waals surface area contributed by atoms with Crippen molar-refractivity contribution in [2.75, 3.05) is 0 Å². The van der Waals surface area contributed by atoms with Crippen molar-refractivity contribution < 1.29 is 9.90 Å². The third kappa shape index (κ3) is 1.69. The molecular weight excluding hydrogens is 196 g/mol. The molecule has 0 unspecified atom stereocenters. The number of carboxylic acids is 1. The number of hydrogen-bond acceptors (Lipinski definition) is 4. The molecule has 1 N–H and O–H groups in total. The summed E-state index contributed by atoms with van der Waals surface area (Å²) in [5.41, 5.74) is 1.70. The van der Waals surface area contributed by atoms with Gasteiger partial charge in [0.05, 0.1) is 11.3 Å². The lowest BCUT2D eigenvalue weighted by Gasteiger charge is -2.03. The third-order valence-electron chi connectivity index (χ3n) is 2.05. The van der Waals surface area contributed by atoms with Gasteiger partial charge >= 0.3 is 5.97 Å². The molecule has 1 heterocycles. The van der Waals surface area contributed by atoms with Crippen LogP contribution in [0.25, 0.3) is 5.69 Å². The fourth-order valence-electron chi connectivity index (χ4n) is 1.31. The lowest BCUT2D eigenvalue weighted by molar-refractivity contribution is 0.0696. The van der Waals surface area contributed by atoms with E-state index in [9.17, 15) is 4.79 Å². The quantitative estimate of drug-likeness (QED) is 0.777. The van der Waals surface area contributed by atoms with E-state index in [4.69, 9.17) is 5.11 Å². The molecule has 2 rings (SSSR count). The van der Waals surface area contributed by atoms with Crippen molar-refractivity contribution in [3.63, 3.8) is 0 Å². The smallest absolute Gasteiger partial charge is 0.335 e. The number of nitrogens with zero attached hydrogens (tertiary/aromatic N) is 4. The maximum Gasteiger partial charge on any atom is 0.335 e. The minimum absolute atomic E-state index is 0.284. The fourth-order valence-corrected chi connectivity index (χ4v) is 1.31. The molecule has 0 fully saturated rings. The molecule has 0 amide bonds. The first-order valence-electron chi connectivity index (χ1n) is 4.26. The molecule has 6 nitrogen and oxygen atoms in total. The van der Waals surface area contributed by atoms with Crippen molar-refractivity contribution >= 4 is 5.97 Å². The summed E-state index contributed by atoms with van der Waals surface area (Å²) in [6.45, 7) is 1.73. The first kappa shape index (κ1) is 9.32. The van der Waals surface area contributed by atoms with Crippen molar-refractivity contribution in [1.82, 2.24) is 20.2 Å². The van der Waals surface area contributed by atoms with E-state index in [-0.39, 0.29) is 5.56 Å². The Kier molecular flexibility index (Phi) is 2.17. The summed E-state index contributed by atoms with van der Waals surface area (Å²) in [7, 11) is 0. The molecule has 0 atom stereocenters. The van der Waals surface area contributed by atoms with Crippen LogP contribution in [0.5, 0.6) is 0 Å². The topological polar surface area (TPSA) is 80.9 Å². The fraction of sp³-hybridized carbons (Fsp3) is 0.111. The van der Waals surface area contributed by atoms with Gasteiger partial charge in [0, 0.05) is 0 Å². The van der Waals surface area contributed by atoms with Crippen molar-refractivity contribution in [2.24, 2.45) is 0 Å². The number of aromatic carboxylic acids is 1. The Hall–Kier alpha value is -2.24. The van der Waals surface area contributed by atoms with E-state index < -0.39 is 5.97 Å². The standard InChI is InChI=1S/C9H8N4O2/c1-6-4-7(13-5-10-11-12-13)2-3-8(6)9(14)15/h2-5H,1H3,(H,14,15). The molecule has 2 aromatic rings. The van der Waals surface area contributed by atoms with Crippen LogP contribution in [0, 0.1) is 6.92 Å². The molecule has 0 aliphatic heterocycles. The molecule has 76 valence electrons. The molecule has 0 spiro atoms. The number of hydrogen-bond donors (Lipinski definition) is 1. The maximum atomic E-state index is 10.8. The predicted molar refractivity (Wildman–Crippen MR) is 50.9 cm³/mol. The Morgan fingerprint density at radius 2 is 2.27 bits per heavy atom. The minimum atomic E-state index is -0.934. The van der Waals surface area contributed by atoms with Crippen molar-refractivity contribution in [2.45, 2.75) is 6.92 Å². The largest absolute Gasteiger partial charge is 0.478 e. The summed E-state index contributed by atoms with van der Waals surface area (Å²) in [5, 5.41) is 19.6. The number of rotatable bonds is 2.